The normalized spacial score (nSPS) is 16.6. The van der Waals surface area contributed by atoms with Gasteiger partial charge in [0.1, 0.15) is 0 Å². The second kappa shape index (κ2) is 5.43. The monoisotopic (exact) mass is 269 g/mol. The Labute approximate surface area is 121 Å². The van der Waals surface area contributed by atoms with Crippen molar-refractivity contribution < 1.29 is 4.42 Å². The van der Waals surface area contributed by atoms with Crippen LogP contribution in [0.1, 0.15) is 60.7 Å². The topological polar surface area (TPSA) is 26.0 Å². The maximum absolute atomic E-state index is 5.94. The van der Waals surface area contributed by atoms with Gasteiger partial charge in [0.05, 0.1) is 5.69 Å². The Morgan fingerprint density at radius 2 is 1.75 bits per heavy atom. The highest BCUT2D eigenvalue weighted by Crippen LogP contribution is 2.38. The molecule has 0 saturated heterocycles. The molecular formula is C18H23NO. The first-order valence-electron chi connectivity index (χ1n) is 7.70. The van der Waals surface area contributed by atoms with Crippen LogP contribution in [0.25, 0.3) is 11.3 Å². The highest BCUT2D eigenvalue weighted by atomic mass is 16.4. The summed E-state index contributed by atoms with van der Waals surface area (Å²) in [5, 5.41) is 0. The molecule has 20 heavy (non-hydrogen) atoms. The molecule has 0 spiro atoms. The minimum Gasteiger partial charge on any atom is -0.441 e. The highest BCUT2D eigenvalue weighted by molar-refractivity contribution is 5.62. The molecule has 0 bridgehead atoms. The van der Waals surface area contributed by atoms with Gasteiger partial charge >= 0.3 is 0 Å². The summed E-state index contributed by atoms with van der Waals surface area (Å²) in [5.74, 6) is 2.37. The average molecular weight is 269 g/mol. The lowest BCUT2D eigenvalue weighted by molar-refractivity contribution is 0.437. The summed E-state index contributed by atoms with van der Waals surface area (Å²) in [6.07, 6.45) is 6.52. The van der Waals surface area contributed by atoms with E-state index in [-0.39, 0.29) is 0 Å². The van der Waals surface area contributed by atoms with Crippen molar-refractivity contribution in [1.82, 2.24) is 4.98 Å². The summed E-state index contributed by atoms with van der Waals surface area (Å²) >= 11 is 0. The predicted octanol–water partition coefficient (Wildman–Crippen LogP) is 5.31. The minimum absolute atomic E-state index is 0.581. The van der Waals surface area contributed by atoms with Crippen LogP contribution >= 0.6 is 0 Å². The van der Waals surface area contributed by atoms with Gasteiger partial charge in [-0.05, 0) is 43.9 Å². The van der Waals surface area contributed by atoms with E-state index in [4.69, 9.17) is 9.40 Å². The molecule has 2 heteroatoms. The molecule has 1 aliphatic carbocycles. The smallest absolute Gasteiger partial charge is 0.192 e. The Hall–Kier alpha value is -1.57. The number of rotatable bonds is 2. The fraction of sp³-hybridized carbons (Fsp3) is 0.500. The van der Waals surface area contributed by atoms with Gasteiger partial charge in [-0.25, -0.2) is 4.98 Å². The number of aromatic nitrogens is 1. The summed E-state index contributed by atoms with van der Waals surface area (Å²) in [7, 11) is 0. The lowest BCUT2D eigenvalue weighted by Gasteiger charge is -2.20. The predicted molar refractivity (Wildman–Crippen MR) is 82.0 cm³/mol. The fourth-order valence-electron chi connectivity index (χ4n) is 3.19. The number of hydrogen-bond donors (Lipinski definition) is 0. The first-order chi connectivity index (χ1) is 9.65. The number of nitrogens with zero attached hydrogens (tertiary/aromatic N) is 1. The Kier molecular flexibility index (Phi) is 3.64. The van der Waals surface area contributed by atoms with Gasteiger partial charge in [-0.2, -0.15) is 0 Å². The molecule has 1 fully saturated rings. The first-order valence-corrected chi connectivity index (χ1v) is 7.70. The number of oxazole rings is 1. The van der Waals surface area contributed by atoms with Crippen LogP contribution in [0.15, 0.2) is 22.6 Å². The Bertz CT molecular complexity index is 606. The largest absolute Gasteiger partial charge is 0.441 e. The number of benzene rings is 1. The van der Waals surface area contributed by atoms with E-state index in [1.165, 1.54) is 54.5 Å². The van der Waals surface area contributed by atoms with Crippen LogP contribution in [-0.4, -0.2) is 4.98 Å². The zero-order chi connectivity index (χ0) is 14.1. The minimum atomic E-state index is 0.581. The van der Waals surface area contributed by atoms with Crippen molar-refractivity contribution in [2.24, 2.45) is 0 Å². The first kappa shape index (κ1) is 13.4. The van der Waals surface area contributed by atoms with Gasteiger partial charge in [0, 0.05) is 18.4 Å². The average Bonchev–Trinajstić information content (AvgIpc) is 2.85. The van der Waals surface area contributed by atoms with Gasteiger partial charge in [0.15, 0.2) is 11.7 Å². The third kappa shape index (κ3) is 2.52. The molecule has 2 aromatic rings. The van der Waals surface area contributed by atoms with E-state index in [1.807, 2.05) is 6.92 Å². The van der Waals surface area contributed by atoms with Gasteiger partial charge in [0.2, 0.25) is 0 Å². The molecule has 0 atom stereocenters. The van der Waals surface area contributed by atoms with E-state index in [0.717, 1.165) is 11.7 Å². The molecule has 106 valence electrons. The van der Waals surface area contributed by atoms with Crippen LogP contribution in [0, 0.1) is 20.8 Å². The lowest BCUT2D eigenvalue weighted by Crippen LogP contribution is -2.06. The summed E-state index contributed by atoms with van der Waals surface area (Å²) in [4.78, 5) is 4.70. The Morgan fingerprint density at radius 1 is 1.00 bits per heavy atom. The summed E-state index contributed by atoms with van der Waals surface area (Å²) in [5.41, 5.74) is 5.00. The second-order valence-corrected chi connectivity index (χ2v) is 6.08. The molecule has 1 heterocycles. The molecule has 0 radical (unpaired) electrons. The third-order valence-corrected chi connectivity index (χ3v) is 4.52. The van der Waals surface area contributed by atoms with Crippen molar-refractivity contribution in [2.45, 2.75) is 58.8 Å². The van der Waals surface area contributed by atoms with Crippen LogP contribution in [-0.2, 0) is 0 Å². The van der Waals surface area contributed by atoms with Gasteiger partial charge < -0.3 is 4.42 Å². The van der Waals surface area contributed by atoms with Gasteiger partial charge in [-0.1, -0.05) is 31.4 Å². The summed E-state index contributed by atoms with van der Waals surface area (Å²) < 4.78 is 5.94. The molecule has 3 rings (SSSR count). The fourth-order valence-corrected chi connectivity index (χ4v) is 3.19. The Morgan fingerprint density at radius 3 is 2.45 bits per heavy atom. The van der Waals surface area contributed by atoms with E-state index in [2.05, 4.69) is 32.0 Å². The molecule has 1 aromatic heterocycles. The van der Waals surface area contributed by atoms with Crippen molar-refractivity contribution in [3.8, 4) is 11.3 Å². The van der Waals surface area contributed by atoms with Gasteiger partial charge in [0.25, 0.3) is 0 Å². The van der Waals surface area contributed by atoms with Crippen molar-refractivity contribution >= 4 is 0 Å². The lowest BCUT2D eigenvalue weighted by atomic mass is 9.85. The SMILES string of the molecule is Cc1nc(C2CCCCC2)c(-c2ccc(C)c(C)c2)o1. The molecule has 0 aliphatic heterocycles. The maximum atomic E-state index is 5.94. The van der Waals surface area contributed by atoms with Crippen molar-refractivity contribution in [2.75, 3.05) is 0 Å². The van der Waals surface area contributed by atoms with E-state index < -0.39 is 0 Å². The van der Waals surface area contributed by atoms with Crippen molar-refractivity contribution in [3.63, 3.8) is 0 Å². The quantitative estimate of drug-likeness (QED) is 0.738. The molecule has 1 aliphatic rings. The third-order valence-electron chi connectivity index (χ3n) is 4.52. The Balaban J connectivity index is 2.01. The van der Waals surface area contributed by atoms with E-state index in [0.29, 0.717) is 5.92 Å². The van der Waals surface area contributed by atoms with Crippen LogP contribution in [0.2, 0.25) is 0 Å². The molecule has 2 nitrogen and oxygen atoms in total. The van der Waals surface area contributed by atoms with E-state index >= 15 is 0 Å². The van der Waals surface area contributed by atoms with E-state index in [9.17, 15) is 0 Å². The zero-order valence-electron chi connectivity index (χ0n) is 12.7. The van der Waals surface area contributed by atoms with Crippen LogP contribution in [0.5, 0.6) is 0 Å². The molecule has 0 amide bonds. The summed E-state index contributed by atoms with van der Waals surface area (Å²) in [6, 6.07) is 6.56. The van der Waals surface area contributed by atoms with Crippen LogP contribution in [0.3, 0.4) is 0 Å². The standard InChI is InChI=1S/C18H23NO/c1-12-9-10-16(11-13(12)2)18-17(19-14(3)20-18)15-7-5-4-6-8-15/h9-11,15H,4-8H2,1-3H3. The zero-order valence-corrected chi connectivity index (χ0v) is 12.7. The van der Waals surface area contributed by atoms with E-state index in [1.54, 1.807) is 0 Å². The van der Waals surface area contributed by atoms with Gasteiger partial charge in [-0.3, -0.25) is 0 Å². The molecule has 1 aromatic carbocycles. The van der Waals surface area contributed by atoms with Crippen LogP contribution < -0.4 is 0 Å². The second-order valence-electron chi connectivity index (χ2n) is 6.08. The number of aryl methyl sites for hydroxylation is 3. The van der Waals surface area contributed by atoms with Crippen LogP contribution in [0.4, 0.5) is 0 Å². The van der Waals surface area contributed by atoms with Gasteiger partial charge in [-0.15, -0.1) is 0 Å². The maximum Gasteiger partial charge on any atom is 0.192 e. The van der Waals surface area contributed by atoms with Crippen molar-refractivity contribution in [3.05, 3.63) is 40.9 Å². The summed E-state index contributed by atoms with van der Waals surface area (Å²) in [6.45, 7) is 6.26. The molecule has 0 unspecified atom stereocenters. The molecular weight excluding hydrogens is 246 g/mol. The molecule has 1 saturated carbocycles. The highest BCUT2D eigenvalue weighted by Gasteiger charge is 2.24. The van der Waals surface area contributed by atoms with Crippen molar-refractivity contribution in [1.29, 1.82) is 0 Å². The number of hydrogen-bond acceptors (Lipinski definition) is 2. The molecule has 0 N–H and O–H groups in total.